The molecule has 3 aromatic rings. The molecule has 0 aliphatic rings. The van der Waals surface area contributed by atoms with Crippen molar-refractivity contribution >= 4 is 0 Å². The molecule has 176 valence electrons. The summed E-state index contributed by atoms with van der Waals surface area (Å²) in [7, 11) is 0. The Morgan fingerprint density at radius 1 is 0.606 bits per heavy atom. The summed E-state index contributed by atoms with van der Waals surface area (Å²) in [6.45, 7) is 6.85. The van der Waals surface area contributed by atoms with Gasteiger partial charge in [-0.05, 0) is 48.8 Å². The minimum atomic E-state index is 0.788. The van der Waals surface area contributed by atoms with Gasteiger partial charge in [-0.3, -0.25) is 4.98 Å². The molecule has 0 bridgehead atoms. The average molecular weight is 444 g/mol. The van der Waals surface area contributed by atoms with E-state index in [1.807, 2.05) is 18.6 Å². The Balaban J connectivity index is 1.49. The average Bonchev–Trinajstić information content (AvgIpc) is 2.84. The van der Waals surface area contributed by atoms with Crippen LogP contribution in [0.2, 0.25) is 0 Å². The van der Waals surface area contributed by atoms with E-state index in [1.54, 1.807) is 0 Å². The van der Waals surface area contributed by atoms with Gasteiger partial charge in [0.1, 0.15) is 0 Å². The first-order valence-electron chi connectivity index (χ1n) is 13.0. The van der Waals surface area contributed by atoms with Gasteiger partial charge in [0.15, 0.2) is 5.82 Å². The SMILES string of the molecule is CCCCCCCc1ccc(-c2ccc(-c3ncc(CCCCCC(C)C)cn3)cc2)nc1. The molecule has 0 N–H and O–H groups in total. The molecule has 0 saturated heterocycles. The summed E-state index contributed by atoms with van der Waals surface area (Å²) in [6.07, 6.45) is 19.9. The first-order valence-corrected chi connectivity index (χ1v) is 13.0. The highest BCUT2D eigenvalue weighted by molar-refractivity contribution is 5.65. The van der Waals surface area contributed by atoms with Crippen molar-refractivity contribution in [3.05, 3.63) is 66.1 Å². The van der Waals surface area contributed by atoms with Gasteiger partial charge >= 0.3 is 0 Å². The van der Waals surface area contributed by atoms with Gasteiger partial charge < -0.3 is 0 Å². The molecule has 3 rings (SSSR count). The molecule has 33 heavy (non-hydrogen) atoms. The summed E-state index contributed by atoms with van der Waals surface area (Å²) >= 11 is 0. The van der Waals surface area contributed by atoms with Crippen LogP contribution in [0, 0.1) is 5.92 Å². The van der Waals surface area contributed by atoms with Crippen LogP contribution in [-0.2, 0) is 12.8 Å². The van der Waals surface area contributed by atoms with E-state index in [4.69, 9.17) is 4.98 Å². The maximum Gasteiger partial charge on any atom is 0.159 e. The number of aromatic nitrogens is 3. The zero-order chi connectivity index (χ0) is 23.3. The Hall–Kier alpha value is -2.55. The van der Waals surface area contributed by atoms with Crippen LogP contribution >= 0.6 is 0 Å². The second-order valence-electron chi connectivity index (χ2n) is 9.70. The summed E-state index contributed by atoms with van der Waals surface area (Å²) in [5.41, 5.74) is 5.76. The normalized spacial score (nSPS) is 11.3. The van der Waals surface area contributed by atoms with Crippen molar-refractivity contribution in [2.75, 3.05) is 0 Å². The van der Waals surface area contributed by atoms with Gasteiger partial charge in [0.05, 0.1) is 5.69 Å². The lowest BCUT2D eigenvalue weighted by molar-refractivity contribution is 0.527. The van der Waals surface area contributed by atoms with Crippen molar-refractivity contribution < 1.29 is 0 Å². The van der Waals surface area contributed by atoms with Gasteiger partial charge in [-0.15, -0.1) is 0 Å². The number of pyridine rings is 1. The lowest BCUT2D eigenvalue weighted by Gasteiger charge is -2.06. The predicted octanol–water partition coefficient (Wildman–Crippen LogP) is 8.48. The van der Waals surface area contributed by atoms with Gasteiger partial charge in [0.25, 0.3) is 0 Å². The minimum absolute atomic E-state index is 0.788. The van der Waals surface area contributed by atoms with Crippen molar-refractivity contribution in [2.45, 2.75) is 91.4 Å². The predicted molar refractivity (Wildman–Crippen MR) is 140 cm³/mol. The Morgan fingerprint density at radius 2 is 1.21 bits per heavy atom. The molecular weight excluding hydrogens is 402 g/mol. The van der Waals surface area contributed by atoms with Crippen LogP contribution in [0.5, 0.6) is 0 Å². The molecule has 0 radical (unpaired) electrons. The van der Waals surface area contributed by atoms with Gasteiger partial charge in [-0.1, -0.05) is 96.0 Å². The molecule has 0 atom stereocenters. The lowest BCUT2D eigenvalue weighted by Crippen LogP contribution is -1.94. The number of aryl methyl sites for hydroxylation is 2. The topological polar surface area (TPSA) is 38.7 Å². The molecule has 0 spiro atoms. The maximum atomic E-state index is 4.70. The Kier molecular flexibility index (Phi) is 10.5. The first kappa shape index (κ1) is 25.1. The van der Waals surface area contributed by atoms with E-state index in [-0.39, 0.29) is 0 Å². The van der Waals surface area contributed by atoms with Crippen LogP contribution < -0.4 is 0 Å². The van der Waals surface area contributed by atoms with Crippen molar-refractivity contribution in [3.63, 3.8) is 0 Å². The quantitative estimate of drug-likeness (QED) is 0.234. The lowest BCUT2D eigenvalue weighted by atomic mass is 10.0. The fourth-order valence-corrected chi connectivity index (χ4v) is 4.16. The van der Waals surface area contributed by atoms with Crippen molar-refractivity contribution in [3.8, 4) is 22.6 Å². The standard InChI is InChI=1S/C30H41N3/c1-4-5-6-7-10-13-25-15-20-29(31-21-25)27-16-18-28(19-17-27)30-32-22-26(23-33-30)14-11-8-9-12-24(2)3/h15-24H,4-14H2,1-3H3. The van der Waals surface area contributed by atoms with Crippen molar-refractivity contribution in [1.82, 2.24) is 15.0 Å². The third kappa shape index (κ3) is 8.72. The molecule has 0 saturated carbocycles. The van der Waals surface area contributed by atoms with Crippen molar-refractivity contribution in [1.29, 1.82) is 0 Å². The summed E-state index contributed by atoms with van der Waals surface area (Å²) in [5, 5.41) is 0. The number of nitrogens with zero attached hydrogens (tertiary/aromatic N) is 3. The van der Waals surface area contributed by atoms with E-state index in [0.717, 1.165) is 41.4 Å². The van der Waals surface area contributed by atoms with Gasteiger partial charge in [0, 0.05) is 29.7 Å². The third-order valence-electron chi connectivity index (χ3n) is 6.28. The Morgan fingerprint density at radius 3 is 1.85 bits per heavy atom. The monoisotopic (exact) mass is 443 g/mol. The molecule has 0 aliphatic carbocycles. The zero-order valence-corrected chi connectivity index (χ0v) is 20.9. The summed E-state index contributed by atoms with van der Waals surface area (Å²) in [5.74, 6) is 1.59. The smallest absolute Gasteiger partial charge is 0.159 e. The van der Waals surface area contributed by atoms with Crippen LogP contribution in [-0.4, -0.2) is 15.0 Å². The number of unbranched alkanes of at least 4 members (excludes halogenated alkanes) is 6. The van der Waals surface area contributed by atoms with Gasteiger partial charge in [-0.25, -0.2) is 9.97 Å². The summed E-state index contributed by atoms with van der Waals surface area (Å²) in [6, 6.07) is 12.8. The molecule has 0 amide bonds. The minimum Gasteiger partial charge on any atom is -0.256 e. The molecule has 3 heteroatoms. The van der Waals surface area contributed by atoms with E-state index in [0.29, 0.717) is 0 Å². The van der Waals surface area contributed by atoms with E-state index in [9.17, 15) is 0 Å². The number of hydrogen-bond acceptors (Lipinski definition) is 3. The number of benzene rings is 1. The Bertz CT molecular complexity index is 912. The summed E-state index contributed by atoms with van der Waals surface area (Å²) < 4.78 is 0. The van der Waals surface area contributed by atoms with E-state index < -0.39 is 0 Å². The zero-order valence-electron chi connectivity index (χ0n) is 20.9. The highest BCUT2D eigenvalue weighted by Gasteiger charge is 2.05. The van der Waals surface area contributed by atoms with Crippen LogP contribution in [0.4, 0.5) is 0 Å². The third-order valence-corrected chi connectivity index (χ3v) is 6.28. The fraction of sp³-hybridized carbons (Fsp3) is 0.500. The molecular formula is C30H41N3. The van der Waals surface area contributed by atoms with E-state index in [1.165, 1.54) is 68.9 Å². The summed E-state index contributed by atoms with van der Waals surface area (Å²) in [4.78, 5) is 13.9. The highest BCUT2D eigenvalue weighted by atomic mass is 14.9. The van der Waals surface area contributed by atoms with Crippen LogP contribution in [0.3, 0.4) is 0 Å². The van der Waals surface area contributed by atoms with Gasteiger partial charge in [-0.2, -0.15) is 0 Å². The van der Waals surface area contributed by atoms with E-state index >= 15 is 0 Å². The highest BCUT2D eigenvalue weighted by Crippen LogP contribution is 2.22. The van der Waals surface area contributed by atoms with Crippen LogP contribution in [0.15, 0.2) is 55.0 Å². The van der Waals surface area contributed by atoms with Crippen LogP contribution in [0.25, 0.3) is 22.6 Å². The first-order chi connectivity index (χ1) is 16.2. The molecule has 0 unspecified atom stereocenters. The molecule has 2 aromatic heterocycles. The van der Waals surface area contributed by atoms with Crippen molar-refractivity contribution in [2.24, 2.45) is 5.92 Å². The second kappa shape index (κ2) is 13.9. The van der Waals surface area contributed by atoms with E-state index in [2.05, 4.69) is 67.1 Å². The second-order valence-corrected chi connectivity index (χ2v) is 9.70. The molecule has 2 heterocycles. The molecule has 3 nitrogen and oxygen atoms in total. The maximum absolute atomic E-state index is 4.70. The Labute approximate surface area is 201 Å². The largest absolute Gasteiger partial charge is 0.256 e. The number of rotatable bonds is 14. The molecule has 1 aromatic carbocycles. The van der Waals surface area contributed by atoms with Gasteiger partial charge in [0.2, 0.25) is 0 Å². The number of hydrogen-bond donors (Lipinski definition) is 0. The fourth-order valence-electron chi connectivity index (χ4n) is 4.16. The molecule has 0 fully saturated rings. The van der Waals surface area contributed by atoms with Crippen LogP contribution in [0.1, 0.15) is 89.7 Å². The molecule has 0 aliphatic heterocycles.